The number of nitrogens with zero attached hydrogens (tertiary/aromatic N) is 3. The number of ether oxygens (including phenoxy) is 1. The molecule has 1 aromatic rings. The summed E-state index contributed by atoms with van der Waals surface area (Å²) in [5.41, 5.74) is -0.353. The summed E-state index contributed by atoms with van der Waals surface area (Å²) >= 11 is 5.79. The smallest absolute Gasteiger partial charge is 0.297 e. The van der Waals surface area contributed by atoms with E-state index in [0.717, 1.165) is 12.8 Å². The number of halogens is 1. The predicted molar refractivity (Wildman–Crippen MR) is 79.2 cm³/mol. The normalized spacial score (nSPS) is 20.4. The summed E-state index contributed by atoms with van der Waals surface area (Å²) in [6, 6.07) is 0. The van der Waals surface area contributed by atoms with E-state index in [2.05, 4.69) is 4.98 Å². The zero-order valence-corrected chi connectivity index (χ0v) is 13.5. The summed E-state index contributed by atoms with van der Waals surface area (Å²) in [4.78, 5) is 16.1. The number of piperidine rings is 1. The SMILES string of the molecule is COc1c(Cl)ncn(CC2CCCN(S(C)(=O)=O)C2)c1=O. The van der Waals surface area contributed by atoms with Crippen LogP contribution in [0.25, 0.3) is 0 Å². The maximum Gasteiger partial charge on any atom is 0.297 e. The second-order valence-corrected chi connectivity index (χ2v) is 7.50. The lowest BCUT2D eigenvalue weighted by Crippen LogP contribution is -2.41. The fourth-order valence-electron chi connectivity index (χ4n) is 2.51. The molecule has 2 heterocycles. The van der Waals surface area contributed by atoms with E-state index in [4.69, 9.17) is 16.3 Å². The van der Waals surface area contributed by atoms with Crippen molar-refractivity contribution in [2.75, 3.05) is 26.5 Å². The van der Waals surface area contributed by atoms with E-state index in [1.54, 1.807) is 0 Å². The van der Waals surface area contributed by atoms with Gasteiger partial charge in [-0.1, -0.05) is 11.6 Å². The Labute approximate surface area is 128 Å². The topological polar surface area (TPSA) is 81.5 Å². The molecule has 0 amide bonds. The molecule has 118 valence electrons. The van der Waals surface area contributed by atoms with Crippen molar-refractivity contribution in [1.29, 1.82) is 0 Å². The van der Waals surface area contributed by atoms with Gasteiger partial charge in [-0.25, -0.2) is 17.7 Å². The van der Waals surface area contributed by atoms with Crippen LogP contribution in [0.1, 0.15) is 12.8 Å². The highest BCUT2D eigenvalue weighted by molar-refractivity contribution is 7.88. The van der Waals surface area contributed by atoms with E-state index in [9.17, 15) is 13.2 Å². The Hall–Kier alpha value is -1.12. The zero-order chi connectivity index (χ0) is 15.6. The van der Waals surface area contributed by atoms with Gasteiger partial charge < -0.3 is 4.74 Å². The number of aromatic nitrogens is 2. The standard InChI is InChI=1S/C12H18ClN3O4S/c1-20-10-11(13)14-8-15(12(10)17)6-9-4-3-5-16(7-9)21(2,18)19/h8-9H,3-7H2,1-2H3. The van der Waals surface area contributed by atoms with Crippen molar-refractivity contribution in [2.45, 2.75) is 19.4 Å². The molecule has 1 aliphatic heterocycles. The third kappa shape index (κ3) is 3.75. The summed E-state index contributed by atoms with van der Waals surface area (Å²) in [7, 11) is -1.83. The van der Waals surface area contributed by atoms with Crippen molar-refractivity contribution in [1.82, 2.24) is 13.9 Å². The first-order valence-electron chi connectivity index (χ1n) is 6.57. The number of hydrogen-bond donors (Lipinski definition) is 0. The monoisotopic (exact) mass is 335 g/mol. The first kappa shape index (κ1) is 16.3. The molecule has 1 aliphatic rings. The second-order valence-electron chi connectivity index (χ2n) is 5.16. The highest BCUT2D eigenvalue weighted by Gasteiger charge is 2.26. The van der Waals surface area contributed by atoms with Crippen LogP contribution >= 0.6 is 11.6 Å². The van der Waals surface area contributed by atoms with E-state index < -0.39 is 10.0 Å². The third-order valence-corrected chi connectivity index (χ3v) is 5.10. The van der Waals surface area contributed by atoms with E-state index in [1.807, 2.05) is 0 Å². The molecule has 0 spiro atoms. The van der Waals surface area contributed by atoms with Gasteiger partial charge in [0, 0.05) is 19.6 Å². The van der Waals surface area contributed by atoms with Gasteiger partial charge >= 0.3 is 0 Å². The number of sulfonamides is 1. The van der Waals surface area contributed by atoms with E-state index in [0.29, 0.717) is 19.6 Å². The van der Waals surface area contributed by atoms with E-state index >= 15 is 0 Å². The van der Waals surface area contributed by atoms with Gasteiger partial charge in [0.2, 0.25) is 15.8 Å². The molecule has 0 aromatic carbocycles. The summed E-state index contributed by atoms with van der Waals surface area (Å²) in [5.74, 6) is 0.0776. The van der Waals surface area contributed by atoms with Crippen LogP contribution in [0.3, 0.4) is 0 Å². The lowest BCUT2D eigenvalue weighted by Gasteiger charge is -2.31. The number of rotatable bonds is 4. The maximum atomic E-state index is 12.2. The van der Waals surface area contributed by atoms with Gasteiger partial charge in [0.05, 0.1) is 19.7 Å². The van der Waals surface area contributed by atoms with Crippen LogP contribution in [-0.4, -0.2) is 48.7 Å². The lowest BCUT2D eigenvalue weighted by atomic mass is 10.00. The molecule has 21 heavy (non-hydrogen) atoms. The van der Waals surface area contributed by atoms with Gasteiger partial charge in [-0.15, -0.1) is 0 Å². The van der Waals surface area contributed by atoms with Crippen molar-refractivity contribution < 1.29 is 13.2 Å². The molecule has 0 aliphatic carbocycles. The van der Waals surface area contributed by atoms with Crippen LogP contribution in [-0.2, 0) is 16.6 Å². The molecule has 9 heteroatoms. The van der Waals surface area contributed by atoms with Gasteiger partial charge in [0.1, 0.15) is 0 Å². The minimum absolute atomic E-state index is 0.00921. The Morgan fingerprint density at radius 2 is 2.24 bits per heavy atom. The highest BCUT2D eigenvalue weighted by atomic mass is 35.5. The Morgan fingerprint density at radius 1 is 1.52 bits per heavy atom. The van der Waals surface area contributed by atoms with Gasteiger partial charge in [0.25, 0.3) is 5.56 Å². The van der Waals surface area contributed by atoms with Crippen LogP contribution in [0, 0.1) is 5.92 Å². The Morgan fingerprint density at radius 3 is 2.86 bits per heavy atom. The first-order valence-corrected chi connectivity index (χ1v) is 8.79. The van der Waals surface area contributed by atoms with Gasteiger partial charge in [-0.2, -0.15) is 0 Å². The van der Waals surface area contributed by atoms with Crippen molar-refractivity contribution in [3.8, 4) is 5.75 Å². The molecule has 0 saturated carbocycles. The minimum atomic E-state index is -3.20. The Balaban J connectivity index is 2.17. The van der Waals surface area contributed by atoms with Crippen LogP contribution in [0.15, 0.2) is 11.1 Å². The van der Waals surface area contributed by atoms with Crippen molar-refractivity contribution in [2.24, 2.45) is 5.92 Å². The number of methoxy groups -OCH3 is 1. The van der Waals surface area contributed by atoms with E-state index in [-0.39, 0.29) is 22.4 Å². The molecular weight excluding hydrogens is 318 g/mol. The molecular formula is C12H18ClN3O4S. The highest BCUT2D eigenvalue weighted by Crippen LogP contribution is 2.21. The molecule has 0 bridgehead atoms. The van der Waals surface area contributed by atoms with Crippen LogP contribution < -0.4 is 10.3 Å². The van der Waals surface area contributed by atoms with Crippen LogP contribution in [0.4, 0.5) is 0 Å². The van der Waals surface area contributed by atoms with Crippen molar-refractivity contribution in [3.63, 3.8) is 0 Å². The summed E-state index contributed by atoms with van der Waals surface area (Å²) in [6.07, 6.45) is 4.22. The minimum Gasteiger partial charge on any atom is -0.489 e. The quantitative estimate of drug-likeness (QED) is 0.752. The summed E-state index contributed by atoms with van der Waals surface area (Å²) in [5, 5.41) is 0.0279. The van der Waals surface area contributed by atoms with Crippen molar-refractivity contribution in [3.05, 3.63) is 21.8 Å². The molecule has 1 saturated heterocycles. The molecule has 0 N–H and O–H groups in total. The molecule has 1 atom stereocenters. The maximum absolute atomic E-state index is 12.2. The number of hydrogen-bond acceptors (Lipinski definition) is 5. The molecule has 2 rings (SSSR count). The summed E-state index contributed by atoms with van der Waals surface area (Å²) in [6.45, 7) is 1.34. The first-order chi connectivity index (χ1) is 9.82. The van der Waals surface area contributed by atoms with Crippen LogP contribution in [0.5, 0.6) is 5.75 Å². The van der Waals surface area contributed by atoms with Gasteiger partial charge in [-0.3, -0.25) is 9.36 Å². The predicted octanol–water partition coefficient (Wildman–Crippen LogP) is 0.577. The lowest BCUT2D eigenvalue weighted by molar-refractivity contribution is 0.243. The fraction of sp³-hybridized carbons (Fsp3) is 0.667. The Bertz CT molecular complexity index is 674. The zero-order valence-electron chi connectivity index (χ0n) is 12.0. The largest absolute Gasteiger partial charge is 0.489 e. The second kappa shape index (κ2) is 6.33. The molecule has 1 unspecified atom stereocenters. The average molecular weight is 336 g/mol. The molecule has 0 radical (unpaired) electrons. The van der Waals surface area contributed by atoms with Gasteiger partial charge in [0.15, 0.2) is 5.15 Å². The van der Waals surface area contributed by atoms with E-state index in [1.165, 1.54) is 28.6 Å². The molecule has 1 aromatic heterocycles. The summed E-state index contributed by atoms with van der Waals surface area (Å²) < 4.78 is 31.0. The fourth-order valence-corrected chi connectivity index (χ4v) is 3.65. The molecule has 7 nitrogen and oxygen atoms in total. The Kier molecular flexibility index (Phi) is 4.90. The molecule has 1 fully saturated rings. The van der Waals surface area contributed by atoms with Crippen molar-refractivity contribution >= 4 is 21.6 Å². The van der Waals surface area contributed by atoms with Gasteiger partial charge in [-0.05, 0) is 18.8 Å². The average Bonchev–Trinajstić information content (AvgIpc) is 2.42. The van der Waals surface area contributed by atoms with Crippen LogP contribution in [0.2, 0.25) is 5.15 Å². The third-order valence-electron chi connectivity index (χ3n) is 3.56.